The van der Waals surface area contributed by atoms with E-state index in [0.717, 1.165) is 38.1 Å². The average molecular weight is 441 g/mol. The second-order valence-electron chi connectivity index (χ2n) is 9.43. The van der Waals surface area contributed by atoms with Crippen molar-refractivity contribution in [2.45, 2.75) is 57.8 Å². The number of rotatable bonds is 7. The van der Waals surface area contributed by atoms with Crippen molar-refractivity contribution in [2.75, 3.05) is 6.54 Å². The van der Waals surface area contributed by atoms with Crippen LogP contribution >= 0.6 is 0 Å². The van der Waals surface area contributed by atoms with Crippen molar-refractivity contribution in [3.8, 4) is 5.75 Å². The summed E-state index contributed by atoms with van der Waals surface area (Å²) in [6, 6.07) is 26.3. The molecule has 4 heteroatoms. The van der Waals surface area contributed by atoms with Crippen LogP contribution in [-0.2, 0) is 17.8 Å². The van der Waals surface area contributed by atoms with Gasteiger partial charge in [-0.3, -0.25) is 9.69 Å². The first-order chi connectivity index (χ1) is 16.1. The number of carbonyl (C=O) groups is 1. The number of benzene rings is 3. The fourth-order valence-electron chi connectivity index (χ4n) is 4.76. The number of nitrogens with zero attached hydrogens (tertiary/aromatic N) is 1. The fraction of sp³-hybridized carbons (Fsp3) is 0.345. The van der Waals surface area contributed by atoms with E-state index in [4.69, 9.17) is 4.74 Å². The van der Waals surface area contributed by atoms with Crippen molar-refractivity contribution in [1.29, 1.82) is 0 Å². The Kier molecular flexibility index (Phi) is 6.19. The molecule has 3 aromatic carbocycles. The average Bonchev–Trinajstić information content (AvgIpc) is 3.63. The van der Waals surface area contributed by atoms with E-state index in [9.17, 15) is 4.79 Å². The van der Waals surface area contributed by atoms with Gasteiger partial charge in [-0.05, 0) is 67.5 Å². The van der Waals surface area contributed by atoms with Gasteiger partial charge in [0.1, 0.15) is 5.75 Å². The van der Waals surface area contributed by atoms with Crippen LogP contribution in [0, 0.1) is 6.92 Å². The molecule has 0 radical (unpaired) electrons. The first kappa shape index (κ1) is 21.7. The highest BCUT2D eigenvalue weighted by Crippen LogP contribution is 2.38. The SMILES string of the molecule is Cc1cccc(CN2CCc3ccc(O[C@H](C)C(=O)NC4CC4)cc3[C@H]2c2ccccc2)c1. The maximum absolute atomic E-state index is 12.4. The van der Waals surface area contributed by atoms with Crippen LogP contribution in [0.2, 0.25) is 0 Å². The monoisotopic (exact) mass is 440 g/mol. The summed E-state index contributed by atoms with van der Waals surface area (Å²) < 4.78 is 6.09. The van der Waals surface area contributed by atoms with Gasteiger partial charge in [0.2, 0.25) is 0 Å². The van der Waals surface area contributed by atoms with Crippen molar-refractivity contribution in [3.63, 3.8) is 0 Å². The quantitative estimate of drug-likeness (QED) is 0.550. The summed E-state index contributed by atoms with van der Waals surface area (Å²) in [6.07, 6.45) is 2.65. The lowest BCUT2D eigenvalue weighted by Gasteiger charge is -2.38. The number of fused-ring (bicyclic) bond motifs is 1. The van der Waals surface area contributed by atoms with E-state index in [2.05, 4.69) is 83.9 Å². The van der Waals surface area contributed by atoms with Crippen LogP contribution < -0.4 is 10.1 Å². The Labute approximate surface area is 196 Å². The Hall–Kier alpha value is -3.11. The largest absolute Gasteiger partial charge is 0.481 e. The zero-order valence-corrected chi connectivity index (χ0v) is 19.5. The number of amides is 1. The number of ether oxygens (including phenoxy) is 1. The normalized spacial score (nSPS) is 18.9. The molecular formula is C29H32N2O2. The molecule has 0 unspecified atom stereocenters. The second kappa shape index (κ2) is 9.40. The molecule has 170 valence electrons. The molecule has 0 aromatic heterocycles. The molecule has 5 rings (SSSR count). The maximum atomic E-state index is 12.4. The summed E-state index contributed by atoms with van der Waals surface area (Å²) in [5, 5.41) is 3.04. The number of aryl methyl sites for hydroxylation is 1. The van der Waals surface area contributed by atoms with Gasteiger partial charge in [0.15, 0.2) is 6.10 Å². The first-order valence-electron chi connectivity index (χ1n) is 12.0. The van der Waals surface area contributed by atoms with Gasteiger partial charge in [-0.15, -0.1) is 0 Å². The van der Waals surface area contributed by atoms with Crippen molar-refractivity contribution in [3.05, 3.63) is 101 Å². The Morgan fingerprint density at radius 3 is 2.64 bits per heavy atom. The molecule has 1 heterocycles. The van der Waals surface area contributed by atoms with Crippen molar-refractivity contribution in [1.82, 2.24) is 10.2 Å². The van der Waals surface area contributed by atoms with E-state index in [0.29, 0.717) is 6.04 Å². The first-order valence-corrected chi connectivity index (χ1v) is 12.0. The van der Waals surface area contributed by atoms with E-state index in [1.165, 1.54) is 27.8 Å². The Balaban J connectivity index is 1.44. The number of carbonyl (C=O) groups excluding carboxylic acids is 1. The van der Waals surface area contributed by atoms with Gasteiger partial charge in [-0.25, -0.2) is 0 Å². The van der Waals surface area contributed by atoms with Crippen molar-refractivity contribution in [2.24, 2.45) is 0 Å². The second-order valence-corrected chi connectivity index (χ2v) is 9.43. The molecule has 2 aliphatic rings. The molecule has 1 fully saturated rings. The van der Waals surface area contributed by atoms with Crippen LogP contribution in [-0.4, -0.2) is 29.5 Å². The van der Waals surface area contributed by atoms with Gasteiger partial charge < -0.3 is 10.1 Å². The van der Waals surface area contributed by atoms with Crippen molar-refractivity contribution < 1.29 is 9.53 Å². The van der Waals surface area contributed by atoms with Gasteiger partial charge >= 0.3 is 0 Å². The molecule has 4 nitrogen and oxygen atoms in total. The molecule has 33 heavy (non-hydrogen) atoms. The summed E-state index contributed by atoms with van der Waals surface area (Å²) >= 11 is 0. The maximum Gasteiger partial charge on any atom is 0.260 e. The number of hydrogen-bond donors (Lipinski definition) is 1. The highest BCUT2D eigenvalue weighted by molar-refractivity contribution is 5.81. The van der Waals surface area contributed by atoms with Crippen LogP contribution in [0.5, 0.6) is 5.75 Å². The third kappa shape index (κ3) is 5.12. The number of hydrogen-bond acceptors (Lipinski definition) is 3. The topological polar surface area (TPSA) is 41.6 Å². The van der Waals surface area contributed by atoms with E-state index in [1.54, 1.807) is 0 Å². The van der Waals surface area contributed by atoms with Crippen LogP contribution in [0.25, 0.3) is 0 Å². The van der Waals surface area contributed by atoms with E-state index in [1.807, 2.05) is 13.0 Å². The summed E-state index contributed by atoms with van der Waals surface area (Å²) in [7, 11) is 0. The lowest BCUT2D eigenvalue weighted by Crippen LogP contribution is -2.38. The molecular weight excluding hydrogens is 408 g/mol. The Morgan fingerprint density at radius 1 is 1.06 bits per heavy atom. The standard InChI is InChI=1S/C29H32N2O2/c1-20-7-6-8-22(17-20)19-31-16-15-23-11-14-26(33-21(2)29(32)30-25-12-13-25)18-27(23)28(31)24-9-4-3-5-10-24/h3-11,14,17-18,21,25,28H,12-13,15-16,19H2,1-2H3,(H,30,32)/t21-,28-/m1/s1. The van der Waals surface area contributed by atoms with Crippen molar-refractivity contribution >= 4 is 5.91 Å². The zero-order chi connectivity index (χ0) is 22.8. The molecule has 1 aliphatic carbocycles. The van der Waals surface area contributed by atoms with Gasteiger partial charge in [-0.2, -0.15) is 0 Å². The minimum absolute atomic E-state index is 0.0316. The minimum atomic E-state index is -0.509. The molecule has 2 atom stereocenters. The summed E-state index contributed by atoms with van der Waals surface area (Å²) in [4.78, 5) is 15.0. The minimum Gasteiger partial charge on any atom is -0.481 e. The smallest absolute Gasteiger partial charge is 0.260 e. The van der Waals surface area contributed by atoms with Crippen LogP contribution in [0.1, 0.15) is 53.6 Å². The molecule has 1 N–H and O–H groups in total. The van der Waals surface area contributed by atoms with Gasteiger partial charge in [0.25, 0.3) is 5.91 Å². The Bertz CT molecular complexity index is 1120. The van der Waals surface area contributed by atoms with Gasteiger partial charge in [0.05, 0.1) is 6.04 Å². The predicted molar refractivity (Wildman–Crippen MR) is 131 cm³/mol. The summed E-state index contributed by atoms with van der Waals surface area (Å²) in [5.41, 5.74) is 6.52. The van der Waals surface area contributed by atoms with E-state index in [-0.39, 0.29) is 11.9 Å². The molecule has 0 saturated heterocycles. The number of nitrogens with one attached hydrogen (secondary N) is 1. The Morgan fingerprint density at radius 2 is 1.88 bits per heavy atom. The lowest BCUT2D eigenvalue weighted by atomic mass is 9.87. The van der Waals surface area contributed by atoms with E-state index < -0.39 is 6.10 Å². The van der Waals surface area contributed by atoms with Crippen LogP contribution in [0.4, 0.5) is 0 Å². The summed E-state index contributed by atoms with van der Waals surface area (Å²) in [6.45, 7) is 5.87. The van der Waals surface area contributed by atoms with Crippen LogP contribution in [0.15, 0.2) is 72.8 Å². The molecule has 0 spiro atoms. The molecule has 1 saturated carbocycles. The molecule has 1 amide bonds. The summed E-state index contributed by atoms with van der Waals surface area (Å²) in [5.74, 6) is 0.724. The molecule has 0 bridgehead atoms. The predicted octanol–water partition coefficient (Wildman–Crippen LogP) is 5.19. The highest BCUT2D eigenvalue weighted by atomic mass is 16.5. The zero-order valence-electron chi connectivity index (χ0n) is 19.5. The third-order valence-electron chi connectivity index (χ3n) is 6.63. The lowest BCUT2D eigenvalue weighted by molar-refractivity contribution is -0.127. The van der Waals surface area contributed by atoms with Crippen LogP contribution in [0.3, 0.4) is 0 Å². The molecule has 1 aliphatic heterocycles. The van der Waals surface area contributed by atoms with Gasteiger partial charge in [-0.1, -0.05) is 66.2 Å². The molecule has 3 aromatic rings. The van der Waals surface area contributed by atoms with E-state index >= 15 is 0 Å². The third-order valence-corrected chi connectivity index (χ3v) is 6.63. The van der Waals surface area contributed by atoms with Gasteiger partial charge in [0, 0.05) is 19.1 Å². The fourth-order valence-corrected chi connectivity index (χ4v) is 4.76. The highest BCUT2D eigenvalue weighted by Gasteiger charge is 2.30.